The van der Waals surface area contributed by atoms with Crippen molar-refractivity contribution in [1.29, 1.82) is 0 Å². The summed E-state index contributed by atoms with van der Waals surface area (Å²) in [6.45, 7) is 0. The zero-order valence-electron chi connectivity index (χ0n) is 4.24. The van der Waals surface area contributed by atoms with Crippen LogP contribution in [0.5, 0.6) is 0 Å². The molecular weight excluding hydrogens is 254 g/mol. The van der Waals surface area contributed by atoms with Gasteiger partial charge in [-0.05, 0) is 11.7 Å². The van der Waals surface area contributed by atoms with Gasteiger partial charge in [-0.15, -0.1) is 0 Å². The number of hydrogen-bond acceptors (Lipinski definition) is 4. The zero-order valence-corrected chi connectivity index (χ0v) is 6.77. The van der Waals surface area contributed by atoms with Crippen LogP contribution < -0.4 is 0 Å². The molecule has 0 bridgehead atoms. The Balaban J connectivity index is -0.0000000457. The first kappa shape index (κ1) is 23.7. The molecule has 7 nitrogen and oxygen atoms in total. The molecule has 0 spiro atoms. The molecule has 0 aromatic heterocycles. The molecule has 3 N–H and O–H groups in total. The maximum absolute atomic E-state index is 9.05. The Morgan fingerprint density at radius 2 is 0.833 bits per heavy atom. The third kappa shape index (κ3) is 331. The molecule has 0 aromatic carbocycles. The average molecular weight is 260 g/mol. The fourth-order valence-corrected chi connectivity index (χ4v) is 0. The van der Waals surface area contributed by atoms with Crippen molar-refractivity contribution >= 4 is 90.3 Å². The third-order valence-electron chi connectivity index (χ3n) is 0. The van der Waals surface area contributed by atoms with Crippen molar-refractivity contribution in [2.45, 2.75) is 0 Å². The van der Waals surface area contributed by atoms with Crippen LogP contribution in [-0.4, -0.2) is 89.6 Å². The molecule has 0 heterocycles. The molecule has 68 valence electrons. The number of thiol groups is 1. The fraction of sp³-hybridized carbons (Fsp3) is 0. The van der Waals surface area contributed by atoms with Gasteiger partial charge < -0.3 is 0 Å². The van der Waals surface area contributed by atoms with Gasteiger partial charge >= 0.3 is 78.7 Å². The summed E-state index contributed by atoms with van der Waals surface area (Å²) in [5, 5.41) is 0. The fourth-order valence-electron chi connectivity index (χ4n) is 0. The molecular formula is H6Na2O7S3. The van der Waals surface area contributed by atoms with Crippen molar-refractivity contribution in [3.8, 4) is 0 Å². The first-order chi connectivity index (χ1) is 4.00. The van der Waals surface area contributed by atoms with E-state index in [1.54, 1.807) is 0 Å². The van der Waals surface area contributed by atoms with E-state index in [0.29, 0.717) is 0 Å². The Hall–Kier alpha value is 2.13. The van der Waals surface area contributed by atoms with E-state index in [4.69, 9.17) is 30.5 Å². The first-order valence-corrected chi connectivity index (χ1v) is 5.29. The van der Waals surface area contributed by atoms with Gasteiger partial charge in [0.05, 0.1) is 0 Å². The monoisotopic (exact) mass is 260 g/mol. The van der Waals surface area contributed by atoms with Crippen LogP contribution in [0.4, 0.5) is 0 Å². The Morgan fingerprint density at radius 1 is 0.833 bits per heavy atom. The predicted molar refractivity (Wildman–Crippen MR) is 49.0 cm³/mol. The summed E-state index contributed by atoms with van der Waals surface area (Å²) >= 11 is 2.65. The average Bonchev–Trinajstić information content (AvgIpc) is 1.12. The van der Waals surface area contributed by atoms with Crippen LogP contribution in [0.25, 0.3) is 0 Å². The van der Waals surface area contributed by atoms with Gasteiger partial charge in [-0.25, -0.2) is 0 Å². The van der Waals surface area contributed by atoms with E-state index in [2.05, 4.69) is 11.7 Å². The topological polar surface area (TPSA) is 129 Å². The van der Waals surface area contributed by atoms with Gasteiger partial charge in [0.15, 0.2) is 0 Å². The van der Waals surface area contributed by atoms with Crippen LogP contribution in [0.3, 0.4) is 0 Å². The predicted octanol–water partition coefficient (Wildman–Crippen LogP) is -2.23. The molecule has 0 fully saturated rings. The van der Waals surface area contributed by atoms with E-state index in [1.807, 2.05) is 0 Å². The second kappa shape index (κ2) is 9.68. The number of rotatable bonds is 0. The van der Waals surface area contributed by atoms with Crippen LogP contribution in [0.15, 0.2) is 0 Å². The molecule has 12 heavy (non-hydrogen) atoms. The Labute approximate surface area is 119 Å². The third-order valence-corrected chi connectivity index (χ3v) is 0. The molecule has 0 aromatic rings. The van der Waals surface area contributed by atoms with Crippen LogP contribution in [0, 0.1) is 0 Å². The first-order valence-electron chi connectivity index (χ1n) is 1.40. The molecule has 0 unspecified atom stereocenters. The summed E-state index contributed by atoms with van der Waals surface area (Å²) in [6.07, 6.45) is 0. The molecule has 0 rings (SSSR count). The Kier molecular flexibility index (Phi) is 19.1. The van der Waals surface area contributed by atoms with Crippen molar-refractivity contribution in [3.63, 3.8) is 0 Å². The van der Waals surface area contributed by atoms with Crippen molar-refractivity contribution in [1.82, 2.24) is 0 Å². The maximum atomic E-state index is 9.05. The molecule has 0 saturated carbocycles. The van der Waals surface area contributed by atoms with E-state index in [1.165, 1.54) is 0 Å². The zero-order chi connectivity index (χ0) is 9.00. The quantitative estimate of drug-likeness (QED) is 0.168. The molecule has 0 amide bonds. The Bertz CT molecular complexity index is 213. The molecule has 0 radical (unpaired) electrons. The van der Waals surface area contributed by atoms with Crippen LogP contribution >= 0.6 is 11.7 Å². The van der Waals surface area contributed by atoms with Crippen LogP contribution in [-0.2, 0) is 19.5 Å². The van der Waals surface area contributed by atoms with Gasteiger partial charge in [0.2, 0.25) is 0 Å². The SMILES string of the molecule is O=S(=O)(O)O.O=S(=O)(O)S.[NaH].[NaH]. The van der Waals surface area contributed by atoms with Crippen LogP contribution in [0.1, 0.15) is 0 Å². The van der Waals surface area contributed by atoms with E-state index < -0.39 is 19.5 Å². The second-order valence-corrected chi connectivity index (χ2v) is 4.07. The van der Waals surface area contributed by atoms with E-state index in [9.17, 15) is 0 Å². The molecule has 0 aliphatic heterocycles. The van der Waals surface area contributed by atoms with Gasteiger partial charge in [-0.3, -0.25) is 13.7 Å². The van der Waals surface area contributed by atoms with Gasteiger partial charge in [0.1, 0.15) is 0 Å². The van der Waals surface area contributed by atoms with Crippen molar-refractivity contribution in [2.24, 2.45) is 0 Å². The summed E-state index contributed by atoms with van der Waals surface area (Å²) < 4.78 is 57.0. The molecule has 0 atom stereocenters. The van der Waals surface area contributed by atoms with Gasteiger partial charge in [0, 0.05) is 0 Å². The van der Waals surface area contributed by atoms with Crippen molar-refractivity contribution < 1.29 is 30.5 Å². The van der Waals surface area contributed by atoms with E-state index in [0.717, 1.165) is 0 Å². The summed E-state index contributed by atoms with van der Waals surface area (Å²) in [5.74, 6) is 0. The van der Waals surface area contributed by atoms with Crippen LogP contribution in [0.2, 0.25) is 0 Å². The molecule has 0 saturated heterocycles. The summed E-state index contributed by atoms with van der Waals surface area (Å²) in [4.78, 5) is 0. The van der Waals surface area contributed by atoms with E-state index in [-0.39, 0.29) is 59.1 Å². The van der Waals surface area contributed by atoms with Gasteiger partial charge in [-0.1, -0.05) is 0 Å². The molecule has 0 aliphatic carbocycles. The summed E-state index contributed by atoms with van der Waals surface area (Å²) in [6, 6.07) is 0. The minimum atomic E-state index is -4.67. The van der Waals surface area contributed by atoms with Gasteiger partial charge in [0.25, 0.3) is 0 Å². The summed E-state index contributed by atoms with van der Waals surface area (Å²) in [5.41, 5.74) is 0. The summed E-state index contributed by atoms with van der Waals surface area (Å²) in [7, 11) is -8.64. The second-order valence-electron chi connectivity index (χ2n) is 0.896. The number of hydrogen-bond donors (Lipinski definition) is 4. The molecule has 0 aliphatic rings. The van der Waals surface area contributed by atoms with Crippen molar-refractivity contribution in [2.75, 3.05) is 0 Å². The molecule has 12 heteroatoms. The Morgan fingerprint density at radius 3 is 0.833 bits per heavy atom. The van der Waals surface area contributed by atoms with E-state index >= 15 is 0 Å². The van der Waals surface area contributed by atoms with Gasteiger partial charge in [-0.2, -0.15) is 16.8 Å². The minimum absolute atomic E-state index is 0. The normalized spacial score (nSPS) is 9.67. The standard InChI is InChI=1S/2Na.H2O4S.H2O3S2.2H/c;;2*1-5(2,3)4;;/h;;2*(H2,1,2,3,4);;. The van der Waals surface area contributed by atoms with Crippen molar-refractivity contribution in [3.05, 3.63) is 0 Å².